The van der Waals surface area contributed by atoms with Crippen LogP contribution in [-0.4, -0.2) is 88.6 Å². The van der Waals surface area contributed by atoms with Crippen molar-refractivity contribution in [3.63, 3.8) is 0 Å². The van der Waals surface area contributed by atoms with E-state index in [0.717, 1.165) is 16.0 Å². The number of ether oxygens (including phenoxy) is 2. The van der Waals surface area contributed by atoms with E-state index in [1.807, 2.05) is 38.1 Å². The van der Waals surface area contributed by atoms with Gasteiger partial charge in [-0.25, -0.2) is 9.59 Å². The first kappa shape index (κ1) is 48.6. The van der Waals surface area contributed by atoms with E-state index in [1.165, 1.54) is 0 Å². The standard InChI is InChI=1S/C42H61N5O9.ClH/c1-25(2)22-32(37(49)45-35(28(7)8)41(53)55-23-29-16-11-9-12-17-29)47(40(52)36(48)31-20-15-21-43-31)39(51)34(27(5)6)44-38(50)33(26(3)4)46-42(54)56-24-30-18-13-10-14-19-30;/h9-14,16-19,25-28,31-36,43,48H,15,20-24H2,1-8H3,(H,44,50)(H,45,49)(H,46,54);1H/t31?,32-,33+,34+,35+,36?;/m1./s1. The molecule has 0 bridgehead atoms. The van der Waals surface area contributed by atoms with E-state index in [1.54, 1.807) is 77.9 Å². The van der Waals surface area contributed by atoms with Crippen LogP contribution in [0.15, 0.2) is 60.7 Å². The van der Waals surface area contributed by atoms with E-state index < -0.39 is 89.8 Å². The molecule has 1 saturated heterocycles. The van der Waals surface area contributed by atoms with Crippen molar-refractivity contribution in [1.82, 2.24) is 26.2 Å². The zero-order chi connectivity index (χ0) is 41.5. The summed E-state index contributed by atoms with van der Waals surface area (Å²) in [5.41, 5.74) is 1.51. The molecule has 5 amide bonds. The molecule has 316 valence electrons. The second kappa shape index (κ2) is 23.6. The molecule has 0 radical (unpaired) electrons. The number of amides is 5. The minimum absolute atomic E-state index is 0. The molecule has 3 rings (SSSR count). The van der Waals surface area contributed by atoms with Crippen molar-refractivity contribution in [2.45, 2.75) is 124 Å². The fraction of sp³-hybridized carbons (Fsp3) is 0.571. The molecule has 1 aliphatic heterocycles. The third kappa shape index (κ3) is 14.7. The minimum atomic E-state index is -1.69. The molecular weight excluding hydrogens is 754 g/mol. The number of alkyl carbamates (subject to hydrolysis) is 1. The smallest absolute Gasteiger partial charge is 0.408 e. The summed E-state index contributed by atoms with van der Waals surface area (Å²) in [7, 11) is 0. The average molecular weight is 816 g/mol. The van der Waals surface area contributed by atoms with Crippen LogP contribution in [-0.2, 0) is 46.7 Å². The van der Waals surface area contributed by atoms with Gasteiger partial charge >= 0.3 is 12.1 Å². The maximum atomic E-state index is 14.8. The Hall–Kier alpha value is -4.53. The van der Waals surface area contributed by atoms with Crippen molar-refractivity contribution in [3.8, 4) is 0 Å². The van der Waals surface area contributed by atoms with Gasteiger partial charge in [0.25, 0.3) is 11.8 Å². The van der Waals surface area contributed by atoms with Crippen LogP contribution < -0.4 is 21.3 Å². The summed E-state index contributed by atoms with van der Waals surface area (Å²) in [5.74, 6) is -5.84. The van der Waals surface area contributed by atoms with E-state index >= 15 is 0 Å². The highest BCUT2D eigenvalue weighted by Crippen LogP contribution is 2.22. The number of esters is 1. The van der Waals surface area contributed by atoms with Crippen molar-refractivity contribution in [2.24, 2.45) is 23.7 Å². The van der Waals surface area contributed by atoms with Crippen LogP contribution in [0.25, 0.3) is 0 Å². The van der Waals surface area contributed by atoms with Gasteiger partial charge in [0.15, 0.2) is 0 Å². The van der Waals surface area contributed by atoms with E-state index in [0.29, 0.717) is 19.4 Å². The number of carbonyl (C=O) groups is 6. The maximum Gasteiger partial charge on any atom is 0.408 e. The van der Waals surface area contributed by atoms with Crippen LogP contribution in [0.5, 0.6) is 0 Å². The largest absolute Gasteiger partial charge is 0.459 e. The predicted octanol–water partition coefficient (Wildman–Crippen LogP) is 4.27. The van der Waals surface area contributed by atoms with E-state index in [9.17, 15) is 33.9 Å². The Bertz CT molecular complexity index is 1600. The van der Waals surface area contributed by atoms with Gasteiger partial charge in [0.05, 0.1) is 0 Å². The van der Waals surface area contributed by atoms with Crippen LogP contribution in [0.2, 0.25) is 0 Å². The van der Waals surface area contributed by atoms with Gasteiger partial charge in [-0.15, -0.1) is 12.4 Å². The zero-order valence-corrected chi connectivity index (χ0v) is 35.2. The number of hydrogen-bond donors (Lipinski definition) is 5. The van der Waals surface area contributed by atoms with Gasteiger partial charge < -0.3 is 35.8 Å². The lowest BCUT2D eigenvalue weighted by Crippen LogP contribution is -2.64. The maximum absolute atomic E-state index is 14.8. The van der Waals surface area contributed by atoms with Crippen LogP contribution >= 0.6 is 12.4 Å². The number of nitrogens with zero attached hydrogens (tertiary/aromatic N) is 1. The topological polar surface area (TPSA) is 192 Å². The van der Waals surface area contributed by atoms with Crippen molar-refractivity contribution >= 4 is 48.1 Å². The summed E-state index contributed by atoms with van der Waals surface area (Å²) >= 11 is 0. The number of benzene rings is 2. The molecule has 6 atom stereocenters. The van der Waals surface area contributed by atoms with Crippen molar-refractivity contribution in [3.05, 3.63) is 71.8 Å². The minimum Gasteiger partial charge on any atom is -0.459 e. The Morgan fingerprint density at radius 1 is 0.702 bits per heavy atom. The molecule has 14 nitrogen and oxygen atoms in total. The van der Waals surface area contributed by atoms with Crippen molar-refractivity contribution in [1.29, 1.82) is 0 Å². The number of aliphatic hydroxyl groups excluding tert-OH is 1. The predicted molar refractivity (Wildman–Crippen MR) is 218 cm³/mol. The van der Waals surface area contributed by atoms with Gasteiger partial charge in [0.2, 0.25) is 11.8 Å². The number of imide groups is 1. The van der Waals surface area contributed by atoms with Gasteiger partial charge in [-0.2, -0.15) is 0 Å². The number of rotatable bonds is 19. The first-order valence-corrected chi connectivity index (χ1v) is 19.6. The van der Waals surface area contributed by atoms with E-state index in [4.69, 9.17) is 9.47 Å². The Morgan fingerprint density at radius 2 is 1.21 bits per heavy atom. The molecule has 0 spiro atoms. The number of halogens is 1. The van der Waals surface area contributed by atoms with Gasteiger partial charge in [-0.1, -0.05) is 116 Å². The molecule has 2 aromatic rings. The zero-order valence-electron chi connectivity index (χ0n) is 34.4. The van der Waals surface area contributed by atoms with Crippen LogP contribution in [0.4, 0.5) is 4.79 Å². The number of aliphatic hydroxyl groups is 1. The quantitative estimate of drug-likeness (QED) is 0.128. The Labute approximate surface area is 343 Å². The lowest BCUT2D eigenvalue weighted by Gasteiger charge is -2.37. The summed E-state index contributed by atoms with van der Waals surface area (Å²) in [6.45, 7) is 14.4. The monoisotopic (exact) mass is 815 g/mol. The van der Waals surface area contributed by atoms with Gasteiger partial charge in [0, 0.05) is 6.04 Å². The molecule has 0 saturated carbocycles. The Kier molecular flexibility index (Phi) is 20.2. The summed E-state index contributed by atoms with van der Waals surface area (Å²) in [4.78, 5) is 84.3. The van der Waals surface area contributed by atoms with Gasteiger partial charge in [0.1, 0.15) is 43.5 Å². The van der Waals surface area contributed by atoms with Crippen molar-refractivity contribution in [2.75, 3.05) is 6.54 Å². The number of nitrogens with one attached hydrogen (secondary N) is 4. The molecular formula is C42H62ClN5O9. The van der Waals surface area contributed by atoms with E-state index in [-0.39, 0.29) is 38.0 Å². The highest BCUT2D eigenvalue weighted by molar-refractivity contribution is 6.05. The first-order chi connectivity index (χ1) is 26.5. The molecule has 2 unspecified atom stereocenters. The van der Waals surface area contributed by atoms with E-state index in [2.05, 4.69) is 21.3 Å². The number of hydrogen-bond acceptors (Lipinski definition) is 10. The highest BCUT2D eigenvalue weighted by atomic mass is 35.5. The molecule has 1 fully saturated rings. The molecule has 1 heterocycles. The van der Waals surface area contributed by atoms with Crippen LogP contribution in [0.3, 0.4) is 0 Å². The lowest BCUT2D eigenvalue weighted by molar-refractivity contribution is -0.161. The highest BCUT2D eigenvalue weighted by Gasteiger charge is 2.45. The Balaban J connectivity index is 0.0000112. The molecule has 0 aliphatic carbocycles. The molecule has 5 N–H and O–H groups in total. The molecule has 1 aliphatic rings. The first-order valence-electron chi connectivity index (χ1n) is 19.6. The fourth-order valence-corrected chi connectivity index (χ4v) is 6.39. The van der Waals surface area contributed by atoms with Gasteiger partial charge in [-0.05, 0) is 60.6 Å². The molecule has 15 heteroatoms. The summed E-state index contributed by atoms with van der Waals surface area (Å²) < 4.78 is 10.9. The lowest BCUT2D eigenvalue weighted by atomic mass is 9.95. The number of carbonyl (C=O) groups excluding carboxylic acids is 6. The second-order valence-corrected chi connectivity index (χ2v) is 15.8. The molecule has 0 aromatic heterocycles. The van der Waals surface area contributed by atoms with Crippen LogP contribution in [0, 0.1) is 23.7 Å². The SMILES string of the molecule is CC(C)C[C@H](C(=O)N[C@H](C(=O)OCc1ccccc1)C(C)C)N(C(=O)C(O)C1CCCN1)C(=O)[C@@H](NC(=O)[C@@H](NC(=O)OCc1ccccc1)C(C)C)C(C)C.Cl. The third-order valence-electron chi connectivity index (χ3n) is 9.62. The Morgan fingerprint density at radius 3 is 1.68 bits per heavy atom. The average Bonchev–Trinajstić information content (AvgIpc) is 3.71. The van der Waals surface area contributed by atoms with Crippen molar-refractivity contribution < 1.29 is 43.3 Å². The fourth-order valence-electron chi connectivity index (χ4n) is 6.39. The summed E-state index contributed by atoms with van der Waals surface area (Å²) in [6, 6.07) is 12.3. The summed E-state index contributed by atoms with van der Waals surface area (Å²) in [6.07, 6.45) is -1.38. The molecule has 57 heavy (non-hydrogen) atoms. The summed E-state index contributed by atoms with van der Waals surface area (Å²) in [5, 5.41) is 22.5. The normalized spacial score (nSPS) is 16.5. The third-order valence-corrected chi connectivity index (χ3v) is 9.62. The molecule has 2 aromatic carbocycles. The van der Waals surface area contributed by atoms with Crippen LogP contribution in [0.1, 0.15) is 85.8 Å². The van der Waals surface area contributed by atoms with Gasteiger partial charge in [-0.3, -0.25) is 24.1 Å². The second-order valence-electron chi connectivity index (χ2n) is 15.8.